The summed E-state index contributed by atoms with van der Waals surface area (Å²) in [6.07, 6.45) is 2.16. The third-order valence-corrected chi connectivity index (χ3v) is 7.89. The van der Waals surface area contributed by atoms with Crippen LogP contribution in [-0.4, -0.2) is 36.8 Å². The van der Waals surface area contributed by atoms with E-state index in [2.05, 4.69) is 0 Å². The number of rotatable bonds is 5. The molecule has 1 saturated heterocycles. The predicted octanol–water partition coefficient (Wildman–Crippen LogP) is 4.45. The molecule has 1 amide bonds. The first-order chi connectivity index (χ1) is 12.5. The molecule has 27 heavy (non-hydrogen) atoms. The van der Waals surface area contributed by atoms with Gasteiger partial charge in [-0.15, -0.1) is 0 Å². The van der Waals surface area contributed by atoms with Gasteiger partial charge in [-0.1, -0.05) is 60.8 Å². The fourth-order valence-electron chi connectivity index (χ4n) is 4.01. The maximum Gasteiger partial charge on any atom is 0.227 e. The van der Waals surface area contributed by atoms with Crippen molar-refractivity contribution in [3.05, 3.63) is 45.4 Å². The Morgan fingerprint density at radius 1 is 1.33 bits per heavy atom. The lowest BCUT2D eigenvalue weighted by Gasteiger charge is -2.29. The van der Waals surface area contributed by atoms with Crippen LogP contribution in [0.3, 0.4) is 0 Å². The van der Waals surface area contributed by atoms with E-state index in [4.69, 9.17) is 34.8 Å². The van der Waals surface area contributed by atoms with Crippen LogP contribution in [0.15, 0.2) is 34.8 Å². The first-order valence-corrected chi connectivity index (χ1v) is 11.7. The monoisotopic (exact) mass is 449 g/mol. The Kier molecular flexibility index (Phi) is 5.89. The summed E-state index contributed by atoms with van der Waals surface area (Å²) in [6.45, 7) is 4.32. The van der Waals surface area contributed by atoms with Crippen LogP contribution >= 0.6 is 34.8 Å². The Balaban J connectivity index is 1.88. The minimum Gasteiger partial charge on any atom is -0.334 e. The number of allylic oxidation sites excluding steroid dienone is 1. The number of hydrogen-bond acceptors (Lipinski definition) is 3. The first-order valence-electron chi connectivity index (χ1n) is 8.79. The van der Waals surface area contributed by atoms with E-state index in [1.165, 1.54) is 0 Å². The van der Waals surface area contributed by atoms with Gasteiger partial charge in [0.25, 0.3) is 0 Å². The van der Waals surface area contributed by atoms with E-state index in [1.807, 2.05) is 26.0 Å². The van der Waals surface area contributed by atoms with Gasteiger partial charge in [0.15, 0.2) is 9.84 Å². The number of sulfone groups is 1. The zero-order chi connectivity index (χ0) is 20.0. The second-order valence-corrected chi connectivity index (χ2v) is 11.6. The van der Waals surface area contributed by atoms with E-state index in [1.54, 1.807) is 23.1 Å². The van der Waals surface area contributed by atoms with Crippen molar-refractivity contribution in [3.63, 3.8) is 0 Å². The lowest BCUT2D eigenvalue weighted by atomic mass is 10.1. The van der Waals surface area contributed by atoms with Gasteiger partial charge >= 0.3 is 0 Å². The molecular weight excluding hydrogens is 429 g/mol. The molecule has 2 fully saturated rings. The molecule has 1 aliphatic carbocycles. The average Bonchev–Trinajstić information content (AvgIpc) is 2.88. The van der Waals surface area contributed by atoms with Gasteiger partial charge in [-0.3, -0.25) is 4.79 Å². The van der Waals surface area contributed by atoms with E-state index >= 15 is 0 Å². The Morgan fingerprint density at radius 3 is 2.59 bits per heavy atom. The summed E-state index contributed by atoms with van der Waals surface area (Å²) in [7, 11) is -3.12. The summed E-state index contributed by atoms with van der Waals surface area (Å²) in [5, 5.41) is 0.584. The van der Waals surface area contributed by atoms with Crippen molar-refractivity contribution in [1.29, 1.82) is 0 Å². The molecule has 0 N–H and O–H groups in total. The molecule has 1 aromatic rings. The fraction of sp³-hybridized carbons (Fsp3) is 0.526. The summed E-state index contributed by atoms with van der Waals surface area (Å²) >= 11 is 17.7. The standard InChI is InChI=1S/C19H22Cl3NO3S/c1-19(2)15(9-16(21)22)17(19)18(24)23(14-6-7-27(25,26)11-14)10-12-4-3-5-13(20)8-12/h3-5,8-9,14-15,17H,6-7,10-11H2,1-2H3/t14-,15-,17-/m1/s1. The lowest BCUT2D eigenvalue weighted by molar-refractivity contribution is -0.136. The Bertz CT molecular complexity index is 878. The molecule has 148 valence electrons. The van der Waals surface area contributed by atoms with E-state index in [9.17, 15) is 13.2 Å². The van der Waals surface area contributed by atoms with E-state index in [0.717, 1.165) is 5.56 Å². The number of hydrogen-bond donors (Lipinski definition) is 0. The molecule has 3 atom stereocenters. The van der Waals surface area contributed by atoms with Crippen LogP contribution in [0.5, 0.6) is 0 Å². The number of nitrogens with zero attached hydrogens (tertiary/aromatic N) is 1. The fourth-order valence-corrected chi connectivity index (χ4v) is 6.23. The van der Waals surface area contributed by atoms with Crippen LogP contribution in [0.4, 0.5) is 0 Å². The summed E-state index contributed by atoms with van der Waals surface area (Å²) < 4.78 is 24.1. The highest BCUT2D eigenvalue weighted by molar-refractivity contribution is 7.91. The Hall–Kier alpha value is -0.750. The molecule has 0 unspecified atom stereocenters. The topological polar surface area (TPSA) is 54.5 Å². The predicted molar refractivity (Wildman–Crippen MR) is 110 cm³/mol. The zero-order valence-electron chi connectivity index (χ0n) is 15.2. The minimum atomic E-state index is -3.12. The van der Waals surface area contributed by atoms with Gasteiger partial charge < -0.3 is 4.90 Å². The van der Waals surface area contributed by atoms with Crippen molar-refractivity contribution >= 4 is 50.5 Å². The molecule has 1 heterocycles. The normalized spacial score (nSPS) is 27.8. The van der Waals surface area contributed by atoms with Crippen LogP contribution in [-0.2, 0) is 21.2 Å². The van der Waals surface area contributed by atoms with Crippen molar-refractivity contribution < 1.29 is 13.2 Å². The van der Waals surface area contributed by atoms with Crippen molar-refractivity contribution in [2.45, 2.75) is 32.9 Å². The number of benzene rings is 1. The summed E-state index contributed by atoms with van der Waals surface area (Å²) in [6, 6.07) is 6.96. The van der Waals surface area contributed by atoms with Gasteiger partial charge in [0.05, 0.1) is 17.4 Å². The SMILES string of the molecule is CC1(C)[C@H](C=C(Cl)Cl)[C@@H]1C(=O)N(Cc1cccc(Cl)c1)[C@@H]1CCS(=O)(=O)C1. The molecule has 1 saturated carbocycles. The van der Waals surface area contributed by atoms with Crippen LogP contribution < -0.4 is 0 Å². The molecule has 4 nitrogen and oxygen atoms in total. The van der Waals surface area contributed by atoms with Crippen LogP contribution in [0.2, 0.25) is 5.02 Å². The smallest absolute Gasteiger partial charge is 0.227 e. The molecule has 8 heteroatoms. The Morgan fingerprint density at radius 2 is 2.04 bits per heavy atom. The van der Waals surface area contributed by atoms with E-state index < -0.39 is 9.84 Å². The van der Waals surface area contributed by atoms with Gasteiger partial charge in [0.2, 0.25) is 5.91 Å². The Labute approximate surface area is 175 Å². The molecule has 1 aliphatic heterocycles. The maximum atomic E-state index is 13.4. The van der Waals surface area contributed by atoms with Gasteiger partial charge in [0, 0.05) is 17.6 Å². The van der Waals surface area contributed by atoms with E-state index in [0.29, 0.717) is 18.0 Å². The zero-order valence-corrected chi connectivity index (χ0v) is 18.2. The molecule has 0 bridgehead atoms. The average molecular weight is 451 g/mol. The van der Waals surface area contributed by atoms with Crippen LogP contribution in [0.1, 0.15) is 25.8 Å². The highest BCUT2D eigenvalue weighted by Crippen LogP contribution is 2.60. The molecule has 0 radical (unpaired) electrons. The third-order valence-electron chi connectivity index (χ3n) is 5.66. The maximum absolute atomic E-state index is 13.4. The molecule has 0 aromatic heterocycles. The van der Waals surface area contributed by atoms with Gasteiger partial charge in [0.1, 0.15) is 4.49 Å². The molecule has 3 rings (SSSR count). The van der Waals surface area contributed by atoms with E-state index in [-0.39, 0.29) is 45.2 Å². The number of amides is 1. The van der Waals surface area contributed by atoms with Crippen molar-refractivity contribution in [1.82, 2.24) is 4.90 Å². The summed E-state index contributed by atoms with van der Waals surface area (Å²) in [5.74, 6) is -0.272. The summed E-state index contributed by atoms with van der Waals surface area (Å²) in [5.41, 5.74) is 0.608. The second-order valence-electron chi connectivity index (χ2n) is 7.93. The molecular formula is C19H22Cl3NO3S. The number of halogens is 3. The van der Waals surface area contributed by atoms with Crippen LogP contribution in [0, 0.1) is 17.3 Å². The molecule has 2 aliphatic rings. The minimum absolute atomic E-state index is 0.00320. The largest absolute Gasteiger partial charge is 0.334 e. The molecule has 0 spiro atoms. The van der Waals surface area contributed by atoms with Crippen LogP contribution in [0.25, 0.3) is 0 Å². The second kappa shape index (κ2) is 7.58. The lowest BCUT2D eigenvalue weighted by Crippen LogP contribution is -2.42. The summed E-state index contributed by atoms with van der Waals surface area (Å²) in [4.78, 5) is 15.1. The highest BCUT2D eigenvalue weighted by Gasteiger charge is 2.62. The van der Waals surface area contributed by atoms with Gasteiger partial charge in [-0.05, 0) is 41.5 Å². The quantitative estimate of drug-likeness (QED) is 0.666. The van der Waals surface area contributed by atoms with Crippen molar-refractivity contribution in [2.24, 2.45) is 17.3 Å². The van der Waals surface area contributed by atoms with Crippen molar-refractivity contribution in [2.75, 3.05) is 11.5 Å². The molecule has 1 aromatic carbocycles. The van der Waals surface area contributed by atoms with Gasteiger partial charge in [-0.2, -0.15) is 0 Å². The van der Waals surface area contributed by atoms with Crippen molar-refractivity contribution in [3.8, 4) is 0 Å². The number of carbonyl (C=O) groups is 1. The highest BCUT2D eigenvalue weighted by atomic mass is 35.5. The third kappa shape index (κ3) is 4.64. The van der Waals surface area contributed by atoms with Gasteiger partial charge in [-0.25, -0.2) is 8.42 Å². The first kappa shape index (κ1) is 21.0. The number of carbonyl (C=O) groups excluding carboxylic acids is 1.